The molecule has 0 aliphatic carbocycles. The van der Waals surface area contributed by atoms with Crippen LogP contribution in [0, 0.1) is 0 Å². The molecule has 5 nitrogen and oxygen atoms in total. The van der Waals surface area contributed by atoms with E-state index in [0.29, 0.717) is 33.2 Å². The lowest BCUT2D eigenvalue weighted by Gasteiger charge is -2.09. The van der Waals surface area contributed by atoms with Crippen molar-refractivity contribution in [3.63, 3.8) is 0 Å². The number of rotatable bonds is 5. The zero-order valence-electron chi connectivity index (χ0n) is 15.2. The first kappa shape index (κ1) is 19.3. The number of hydrogen-bond acceptors (Lipinski definition) is 5. The third-order valence-electron chi connectivity index (χ3n) is 3.84. The number of carbonyl (C=O) groups excluding carboxylic acids is 1. The van der Waals surface area contributed by atoms with Crippen molar-refractivity contribution in [3.8, 4) is 11.5 Å². The van der Waals surface area contributed by atoms with Crippen LogP contribution in [0.5, 0.6) is 11.5 Å². The summed E-state index contributed by atoms with van der Waals surface area (Å²) in [7, 11) is 3.31. The van der Waals surface area contributed by atoms with Gasteiger partial charge in [-0.1, -0.05) is 17.7 Å². The normalized spacial score (nSPS) is 17.0. The molecule has 1 fully saturated rings. The van der Waals surface area contributed by atoms with E-state index in [9.17, 15) is 4.79 Å². The fourth-order valence-corrected chi connectivity index (χ4v) is 3.59. The number of benzene rings is 2. The average Bonchev–Trinajstić information content (AvgIpc) is 2.92. The molecule has 27 heavy (non-hydrogen) atoms. The molecule has 0 saturated carbocycles. The molecular formula is C20H19ClN2O3S. The van der Waals surface area contributed by atoms with Gasteiger partial charge in [-0.3, -0.25) is 9.69 Å². The first-order valence-electron chi connectivity index (χ1n) is 8.34. The summed E-state index contributed by atoms with van der Waals surface area (Å²) in [4.78, 5) is 19.2. The molecule has 1 aliphatic rings. The summed E-state index contributed by atoms with van der Waals surface area (Å²) in [5, 5.41) is 1.26. The van der Waals surface area contributed by atoms with Gasteiger partial charge in [0.2, 0.25) is 0 Å². The maximum absolute atomic E-state index is 12.6. The van der Waals surface area contributed by atoms with Crippen molar-refractivity contribution in [3.05, 3.63) is 58.0 Å². The van der Waals surface area contributed by atoms with Gasteiger partial charge in [0.25, 0.3) is 5.91 Å². The van der Waals surface area contributed by atoms with Crippen molar-refractivity contribution < 1.29 is 14.3 Å². The second kappa shape index (κ2) is 8.50. The van der Waals surface area contributed by atoms with Gasteiger partial charge in [0, 0.05) is 12.1 Å². The Bertz CT molecular complexity index is 910. The Hall–Kier alpha value is -2.44. The van der Waals surface area contributed by atoms with Crippen molar-refractivity contribution in [2.24, 2.45) is 4.99 Å². The molecule has 1 heterocycles. The van der Waals surface area contributed by atoms with E-state index in [1.54, 1.807) is 26.3 Å². The maximum Gasteiger partial charge on any atom is 0.266 e. The summed E-state index contributed by atoms with van der Waals surface area (Å²) in [6.45, 7) is 2.44. The number of carbonyl (C=O) groups is 1. The van der Waals surface area contributed by atoms with E-state index in [4.69, 9.17) is 21.1 Å². The first-order valence-corrected chi connectivity index (χ1v) is 9.54. The Morgan fingerprint density at radius 3 is 2.59 bits per heavy atom. The lowest BCUT2D eigenvalue weighted by atomic mass is 10.2. The lowest BCUT2D eigenvalue weighted by Crippen LogP contribution is -2.23. The number of hydrogen-bond donors (Lipinski definition) is 0. The largest absolute Gasteiger partial charge is 0.493 e. The predicted molar refractivity (Wildman–Crippen MR) is 111 cm³/mol. The summed E-state index contributed by atoms with van der Waals surface area (Å²) in [5.74, 6) is 1.21. The van der Waals surface area contributed by atoms with Gasteiger partial charge in [-0.05, 0) is 66.7 Å². The van der Waals surface area contributed by atoms with Crippen molar-refractivity contribution in [2.45, 2.75) is 6.92 Å². The number of amides is 1. The Labute approximate surface area is 167 Å². The molecule has 1 saturated heterocycles. The van der Waals surface area contributed by atoms with Gasteiger partial charge in [0.1, 0.15) is 0 Å². The monoisotopic (exact) mass is 402 g/mol. The second-order valence-corrected chi connectivity index (χ2v) is 7.13. The number of aliphatic imine (C=N–C) groups is 1. The van der Waals surface area contributed by atoms with Crippen molar-refractivity contribution in [1.82, 2.24) is 4.90 Å². The van der Waals surface area contributed by atoms with Gasteiger partial charge in [-0.15, -0.1) is 0 Å². The molecule has 0 aromatic heterocycles. The molecule has 7 heteroatoms. The summed E-state index contributed by atoms with van der Waals surface area (Å²) in [6, 6.07) is 12.7. The highest BCUT2D eigenvalue weighted by Crippen LogP contribution is 2.35. The SMILES string of the molecule is CCOc1cc(/C=C2/SC(=Nc3ccc(Cl)cc3)N(C)C2=O)ccc1OC. The van der Waals surface area contributed by atoms with Gasteiger partial charge in [-0.2, -0.15) is 0 Å². The Morgan fingerprint density at radius 2 is 1.93 bits per heavy atom. The van der Waals surface area contributed by atoms with Crippen LogP contribution >= 0.6 is 23.4 Å². The molecule has 1 aliphatic heterocycles. The molecule has 140 valence electrons. The summed E-state index contributed by atoms with van der Waals surface area (Å²) in [6.07, 6.45) is 1.83. The Balaban J connectivity index is 1.88. The third-order valence-corrected chi connectivity index (χ3v) is 5.15. The summed E-state index contributed by atoms with van der Waals surface area (Å²) < 4.78 is 10.9. The molecule has 0 radical (unpaired) electrons. The van der Waals surface area contributed by atoms with E-state index in [2.05, 4.69) is 4.99 Å². The van der Waals surface area contributed by atoms with Crippen LogP contribution in [-0.4, -0.2) is 36.7 Å². The van der Waals surface area contributed by atoms with Crippen LogP contribution in [0.1, 0.15) is 12.5 Å². The molecule has 2 aromatic carbocycles. The van der Waals surface area contributed by atoms with Crippen molar-refractivity contribution >= 4 is 46.2 Å². The van der Waals surface area contributed by atoms with E-state index in [0.717, 1.165) is 11.3 Å². The Kier molecular flexibility index (Phi) is 6.08. The quantitative estimate of drug-likeness (QED) is 0.662. The zero-order valence-corrected chi connectivity index (χ0v) is 16.8. The van der Waals surface area contributed by atoms with Crippen LogP contribution < -0.4 is 9.47 Å². The topological polar surface area (TPSA) is 51.1 Å². The molecule has 0 N–H and O–H groups in total. The lowest BCUT2D eigenvalue weighted by molar-refractivity contribution is -0.121. The molecule has 0 atom stereocenters. The molecule has 0 unspecified atom stereocenters. The summed E-state index contributed by atoms with van der Waals surface area (Å²) >= 11 is 7.24. The van der Waals surface area contributed by atoms with Crippen LogP contribution in [0.15, 0.2) is 52.4 Å². The number of ether oxygens (including phenoxy) is 2. The molecule has 1 amide bonds. The molecule has 0 bridgehead atoms. The Morgan fingerprint density at radius 1 is 1.19 bits per heavy atom. The van der Waals surface area contributed by atoms with Crippen molar-refractivity contribution in [2.75, 3.05) is 20.8 Å². The van der Waals surface area contributed by atoms with Gasteiger partial charge in [0.05, 0.1) is 24.3 Å². The first-order chi connectivity index (χ1) is 13.0. The van der Waals surface area contributed by atoms with Gasteiger partial charge in [-0.25, -0.2) is 4.99 Å². The van der Waals surface area contributed by atoms with E-state index >= 15 is 0 Å². The smallest absolute Gasteiger partial charge is 0.266 e. The highest BCUT2D eigenvalue weighted by molar-refractivity contribution is 8.18. The third kappa shape index (κ3) is 4.46. The van der Waals surface area contributed by atoms with Crippen molar-refractivity contribution in [1.29, 1.82) is 0 Å². The minimum Gasteiger partial charge on any atom is -0.493 e. The molecular weight excluding hydrogens is 384 g/mol. The number of likely N-dealkylation sites (N-methyl/N-ethyl adjacent to an activating group) is 1. The van der Waals surface area contributed by atoms with Crippen LogP contribution in [0.3, 0.4) is 0 Å². The fourth-order valence-electron chi connectivity index (χ4n) is 2.48. The standard InChI is InChI=1S/C20H19ClN2O3S/c1-4-26-17-11-13(5-10-16(17)25-3)12-18-19(24)23(2)20(27-18)22-15-8-6-14(21)7-9-15/h5-12H,4H2,1-3H3/b18-12+,22-20?. The van der Waals surface area contributed by atoms with Gasteiger partial charge >= 0.3 is 0 Å². The van der Waals surface area contributed by atoms with E-state index in [-0.39, 0.29) is 5.91 Å². The minimum absolute atomic E-state index is 0.0958. The molecule has 3 rings (SSSR count). The number of methoxy groups -OCH3 is 1. The molecule has 2 aromatic rings. The van der Waals surface area contributed by atoms with Crippen LogP contribution in [0.25, 0.3) is 6.08 Å². The highest BCUT2D eigenvalue weighted by atomic mass is 35.5. The zero-order chi connectivity index (χ0) is 19.4. The number of nitrogens with zero attached hydrogens (tertiary/aromatic N) is 2. The number of amidine groups is 1. The van der Waals surface area contributed by atoms with Crippen LogP contribution in [0.2, 0.25) is 5.02 Å². The van der Waals surface area contributed by atoms with Gasteiger partial charge in [0.15, 0.2) is 16.7 Å². The minimum atomic E-state index is -0.0958. The maximum atomic E-state index is 12.6. The van der Waals surface area contributed by atoms with Crippen LogP contribution in [-0.2, 0) is 4.79 Å². The average molecular weight is 403 g/mol. The highest BCUT2D eigenvalue weighted by Gasteiger charge is 2.30. The second-order valence-electron chi connectivity index (χ2n) is 5.69. The number of thioether (sulfide) groups is 1. The number of halogens is 1. The van der Waals surface area contributed by atoms with E-state index in [1.807, 2.05) is 43.3 Å². The molecule has 0 spiro atoms. The van der Waals surface area contributed by atoms with E-state index < -0.39 is 0 Å². The fraction of sp³-hybridized carbons (Fsp3) is 0.200. The van der Waals surface area contributed by atoms with Crippen LogP contribution in [0.4, 0.5) is 5.69 Å². The van der Waals surface area contributed by atoms with E-state index in [1.165, 1.54) is 16.7 Å². The predicted octanol–water partition coefficient (Wildman–Crippen LogP) is 4.98. The summed E-state index contributed by atoms with van der Waals surface area (Å²) in [5.41, 5.74) is 1.60. The van der Waals surface area contributed by atoms with Gasteiger partial charge < -0.3 is 9.47 Å².